The average molecular weight is 597 g/mol. The minimum absolute atomic E-state index is 0.0634. The van der Waals surface area contributed by atoms with E-state index in [1.165, 1.54) is 19.3 Å². The summed E-state index contributed by atoms with van der Waals surface area (Å²) in [6.45, 7) is 10.3. The van der Waals surface area contributed by atoms with Gasteiger partial charge in [-0.1, -0.05) is 63.4 Å². The highest BCUT2D eigenvalue weighted by Gasteiger charge is 2.72. The summed E-state index contributed by atoms with van der Waals surface area (Å²) in [6, 6.07) is 6.24. The van der Waals surface area contributed by atoms with Gasteiger partial charge in [-0.15, -0.1) is 0 Å². The summed E-state index contributed by atoms with van der Waals surface area (Å²) in [4.78, 5) is 46.3. The van der Waals surface area contributed by atoms with Gasteiger partial charge in [0.25, 0.3) is 0 Å². The first-order chi connectivity index (χ1) is 20.2. The number of nitrogens with one attached hydrogen (secondary N) is 2. The summed E-state index contributed by atoms with van der Waals surface area (Å²) in [7, 11) is 0. The average Bonchev–Trinajstić information content (AvgIpc) is 3.60. The molecular weight excluding hydrogens is 552 g/mol. The number of halogens is 1. The molecule has 1 spiro atoms. The van der Waals surface area contributed by atoms with E-state index in [1.54, 1.807) is 29.2 Å². The van der Waals surface area contributed by atoms with Gasteiger partial charge < -0.3 is 25.2 Å². The van der Waals surface area contributed by atoms with Crippen LogP contribution >= 0.6 is 11.6 Å². The van der Waals surface area contributed by atoms with Crippen LogP contribution in [0.1, 0.15) is 59.3 Å². The number of carbonyl (C=O) groups excluding carboxylic acids is 3. The van der Waals surface area contributed by atoms with E-state index >= 15 is 0 Å². The molecular formula is C33H45ClN4O4. The predicted molar refractivity (Wildman–Crippen MR) is 163 cm³/mol. The molecule has 42 heavy (non-hydrogen) atoms. The number of anilines is 1. The Labute approximate surface area is 254 Å². The lowest BCUT2D eigenvalue weighted by atomic mass is 9.73. The van der Waals surface area contributed by atoms with E-state index in [-0.39, 0.29) is 23.8 Å². The summed E-state index contributed by atoms with van der Waals surface area (Å²) in [6.07, 6.45) is 9.56. The minimum Gasteiger partial charge on any atom is -0.359 e. The summed E-state index contributed by atoms with van der Waals surface area (Å²) >= 11 is 6.15. The quantitative estimate of drug-likeness (QED) is 0.432. The van der Waals surface area contributed by atoms with Gasteiger partial charge in [0.15, 0.2) is 0 Å². The van der Waals surface area contributed by atoms with Crippen molar-refractivity contribution in [1.29, 1.82) is 0 Å². The summed E-state index contributed by atoms with van der Waals surface area (Å²) in [5.74, 6) is -0.440. The molecule has 6 rings (SSSR count). The number of piperidine rings is 1. The first-order valence-electron chi connectivity index (χ1n) is 15.9. The second-order valence-electron chi connectivity index (χ2n) is 13.5. The molecule has 0 aromatic heterocycles. The van der Waals surface area contributed by atoms with Crippen molar-refractivity contribution < 1.29 is 19.1 Å². The van der Waals surface area contributed by atoms with Gasteiger partial charge in [-0.3, -0.25) is 14.4 Å². The second-order valence-corrected chi connectivity index (χ2v) is 13.9. The molecule has 5 aliphatic rings. The zero-order valence-electron chi connectivity index (χ0n) is 25.1. The highest BCUT2D eigenvalue weighted by atomic mass is 35.5. The molecule has 9 heteroatoms. The molecule has 6 unspecified atom stereocenters. The smallest absolute Gasteiger partial charge is 0.246 e. The molecule has 3 saturated heterocycles. The Morgan fingerprint density at radius 2 is 1.86 bits per heavy atom. The Hall–Kier alpha value is -2.42. The topological polar surface area (TPSA) is 91.0 Å². The maximum Gasteiger partial charge on any atom is 0.246 e. The highest BCUT2D eigenvalue weighted by molar-refractivity contribution is 6.30. The van der Waals surface area contributed by atoms with Crippen LogP contribution in [0.4, 0.5) is 5.69 Å². The summed E-state index contributed by atoms with van der Waals surface area (Å²) < 4.78 is 6.53. The van der Waals surface area contributed by atoms with Crippen LogP contribution in [0.15, 0.2) is 36.4 Å². The SMILES string of the molecule is CC1CCN(CCCN2C(=O)[C@@H]3C(C(=O)Nc4cccc(Cl)c4)[C@@H]4C=CC3(O4)C2C(=O)NC2CCCC(C)C2C)CC1. The zero-order chi connectivity index (χ0) is 29.6. The minimum atomic E-state index is -1.15. The van der Waals surface area contributed by atoms with Crippen molar-refractivity contribution in [2.75, 3.05) is 31.5 Å². The molecule has 4 fully saturated rings. The lowest BCUT2D eigenvalue weighted by Crippen LogP contribution is -2.58. The van der Waals surface area contributed by atoms with Crippen molar-refractivity contribution >= 4 is 35.0 Å². The number of nitrogens with zero attached hydrogens (tertiary/aromatic N) is 2. The Bertz CT molecular complexity index is 1230. The summed E-state index contributed by atoms with van der Waals surface area (Å²) in [5, 5.41) is 6.81. The molecule has 228 valence electrons. The van der Waals surface area contributed by atoms with E-state index in [1.807, 2.05) is 12.2 Å². The number of rotatable bonds is 8. The molecule has 3 amide bonds. The van der Waals surface area contributed by atoms with Crippen LogP contribution in [-0.4, -0.2) is 77.5 Å². The standard InChI is InChI=1S/C33H45ClN4O4/c1-20-12-17-37(18-13-20)15-6-16-38-29(31(40)36-25-10-4-7-21(2)22(25)3)33-14-11-26(42-33)27(28(33)32(38)41)30(39)35-24-9-5-8-23(34)19-24/h5,8-9,11,14,19-22,25-29H,4,6-7,10,12-13,15-18H2,1-3H3,(H,35,39)(H,36,40)/t21?,22?,25?,26-,27?,28-,29?,33?/m0/s1. The number of likely N-dealkylation sites (tertiary alicyclic amines) is 2. The number of hydrogen-bond acceptors (Lipinski definition) is 5. The largest absolute Gasteiger partial charge is 0.359 e. The van der Waals surface area contributed by atoms with Gasteiger partial charge in [0.2, 0.25) is 17.7 Å². The van der Waals surface area contributed by atoms with E-state index in [9.17, 15) is 14.4 Å². The number of ether oxygens (including phenoxy) is 1. The van der Waals surface area contributed by atoms with Crippen LogP contribution < -0.4 is 10.6 Å². The number of amides is 3. The third-order valence-corrected chi connectivity index (χ3v) is 11.0. The van der Waals surface area contributed by atoms with E-state index in [0.717, 1.165) is 44.8 Å². The van der Waals surface area contributed by atoms with Crippen molar-refractivity contribution in [3.05, 3.63) is 41.4 Å². The zero-order valence-corrected chi connectivity index (χ0v) is 25.8. The molecule has 0 radical (unpaired) electrons. The van der Waals surface area contributed by atoms with E-state index in [0.29, 0.717) is 29.1 Å². The highest BCUT2D eigenvalue weighted by Crippen LogP contribution is 2.55. The molecule has 8 nitrogen and oxygen atoms in total. The van der Waals surface area contributed by atoms with Crippen LogP contribution in [0.2, 0.25) is 5.02 Å². The maximum absolute atomic E-state index is 14.3. The molecule has 1 saturated carbocycles. The van der Waals surface area contributed by atoms with E-state index in [4.69, 9.17) is 16.3 Å². The lowest BCUT2D eigenvalue weighted by Gasteiger charge is -2.38. The maximum atomic E-state index is 14.3. The van der Waals surface area contributed by atoms with Crippen LogP contribution in [0.25, 0.3) is 0 Å². The Kier molecular flexibility index (Phi) is 8.42. The number of fused-ring (bicyclic) bond motifs is 1. The van der Waals surface area contributed by atoms with Gasteiger partial charge >= 0.3 is 0 Å². The molecule has 4 heterocycles. The predicted octanol–water partition coefficient (Wildman–Crippen LogP) is 4.49. The van der Waals surface area contributed by atoms with Crippen LogP contribution in [0.5, 0.6) is 0 Å². The Morgan fingerprint density at radius 1 is 1.07 bits per heavy atom. The van der Waals surface area contributed by atoms with Gasteiger partial charge in [-0.05, 0) is 81.3 Å². The van der Waals surface area contributed by atoms with Crippen molar-refractivity contribution in [3.63, 3.8) is 0 Å². The molecule has 4 aliphatic heterocycles. The van der Waals surface area contributed by atoms with E-state index < -0.39 is 29.6 Å². The molecule has 2 bridgehead atoms. The lowest BCUT2D eigenvalue weighted by molar-refractivity contribution is -0.141. The monoisotopic (exact) mass is 596 g/mol. The van der Waals surface area contributed by atoms with Crippen LogP contribution in [0, 0.1) is 29.6 Å². The Balaban J connectivity index is 1.24. The fourth-order valence-corrected chi connectivity index (χ4v) is 8.29. The molecule has 2 N–H and O–H groups in total. The fraction of sp³-hybridized carbons (Fsp3) is 0.667. The first kappa shape index (κ1) is 29.6. The van der Waals surface area contributed by atoms with Gasteiger partial charge in [0.1, 0.15) is 11.6 Å². The molecule has 8 atom stereocenters. The van der Waals surface area contributed by atoms with Gasteiger partial charge in [0, 0.05) is 23.3 Å². The van der Waals surface area contributed by atoms with Crippen molar-refractivity contribution in [2.24, 2.45) is 29.6 Å². The summed E-state index contributed by atoms with van der Waals surface area (Å²) in [5.41, 5.74) is -0.576. The van der Waals surface area contributed by atoms with E-state index in [2.05, 4.69) is 36.3 Å². The van der Waals surface area contributed by atoms with Crippen LogP contribution in [0.3, 0.4) is 0 Å². The fourth-order valence-electron chi connectivity index (χ4n) is 8.10. The first-order valence-corrected chi connectivity index (χ1v) is 16.3. The molecule has 1 aromatic rings. The van der Waals surface area contributed by atoms with Crippen molar-refractivity contribution in [1.82, 2.24) is 15.1 Å². The normalized spacial score (nSPS) is 36.3. The van der Waals surface area contributed by atoms with Gasteiger partial charge in [-0.25, -0.2) is 0 Å². The van der Waals surface area contributed by atoms with Crippen molar-refractivity contribution in [3.8, 4) is 0 Å². The third-order valence-electron chi connectivity index (χ3n) is 10.8. The van der Waals surface area contributed by atoms with Crippen molar-refractivity contribution in [2.45, 2.75) is 83.1 Å². The number of hydrogen-bond donors (Lipinski definition) is 2. The molecule has 1 aliphatic carbocycles. The van der Waals surface area contributed by atoms with Gasteiger partial charge in [0.05, 0.1) is 17.9 Å². The Morgan fingerprint density at radius 3 is 2.62 bits per heavy atom. The second kappa shape index (κ2) is 11.9. The van der Waals surface area contributed by atoms with Crippen LogP contribution in [-0.2, 0) is 19.1 Å². The van der Waals surface area contributed by atoms with Gasteiger partial charge in [-0.2, -0.15) is 0 Å². The number of benzene rings is 1. The third kappa shape index (κ3) is 5.39. The molecule has 1 aromatic carbocycles. The number of carbonyl (C=O) groups is 3.